The first-order valence-corrected chi connectivity index (χ1v) is 4.26. The average molecular weight is 186 g/mol. The van der Waals surface area contributed by atoms with E-state index in [-0.39, 0.29) is 0 Å². The van der Waals surface area contributed by atoms with Crippen molar-refractivity contribution >= 4 is 5.82 Å². The summed E-state index contributed by atoms with van der Waals surface area (Å²) in [4.78, 5) is 12.3. The number of hydrogen-bond acceptors (Lipinski definition) is 4. The van der Waals surface area contributed by atoms with Crippen LogP contribution in [0.2, 0.25) is 0 Å². The minimum atomic E-state index is 0.407. The van der Waals surface area contributed by atoms with Crippen LogP contribution in [0, 0.1) is 6.92 Å². The van der Waals surface area contributed by atoms with Crippen molar-refractivity contribution in [2.24, 2.45) is 0 Å². The summed E-state index contributed by atoms with van der Waals surface area (Å²) in [6.45, 7) is 1.99. The Morgan fingerprint density at radius 1 is 1.07 bits per heavy atom. The maximum atomic E-state index is 5.52. The molecule has 4 nitrogen and oxygen atoms in total. The first-order chi connectivity index (χ1) is 6.75. The third-order valence-corrected chi connectivity index (χ3v) is 1.83. The van der Waals surface area contributed by atoms with Gasteiger partial charge in [0, 0.05) is 6.20 Å². The molecule has 0 radical (unpaired) electrons. The summed E-state index contributed by atoms with van der Waals surface area (Å²) >= 11 is 0. The Hall–Kier alpha value is -1.97. The molecule has 2 N–H and O–H groups in total. The number of nitrogens with two attached hydrogens (primary N) is 1. The molecule has 0 aliphatic carbocycles. The Morgan fingerprint density at radius 3 is 2.57 bits per heavy atom. The number of nitrogens with zero attached hydrogens (tertiary/aromatic N) is 3. The van der Waals surface area contributed by atoms with Gasteiger partial charge in [-0.2, -0.15) is 0 Å². The zero-order valence-electron chi connectivity index (χ0n) is 7.81. The van der Waals surface area contributed by atoms with Crippen molar-refractivity contribution in [3.05, 3.63) is 36.3 Å². The van der Waals surface area contributed by atoms with Crippen molar-refractivity contribution in [2.45, 2.75) is 6.92 Å². The first kappa shape index (κ1) is 8.62. The minimum absolute atomic E-state index is 0.407. The predicted molar refractivity (Wildman–Crippen MR) is 54.4 cm³/mol. The zero-order valence-corrected chi connectivity index (χ0v) is 7.81. The van der Waals surface area contributed by atoms with Crippen molar-refractivity contribution in [3.63, 3.8) is 0 Å². The molecule has 0 spiro atoms. The highest BCUT2D eigenvalue weighted by atomic mass is 14.9. The molecule has 0 atom stereocenters. The van der Waals surface area contributed by atoms with Crippen LogP contribution in [-0.2, 0) is 0 Å². The molecule has 0 amide bonds. The Bertz CT molecular complexity index is 436. The Labute approximate surface area is 81.9 Å². The molecular weight excluding hydrogens is 176 g/mol. The number of anilines is 1. The van der Waals surface area contributed by atoms with Crippen LogP contribution in [0.3, 0.4) is 0 Å². The van der Waals surface area contributed by atoms with E-state index in [1.54, 1.807) is 12.4 Å². The predicted octanol–water partition coefficient (Wildman–Crippen LogP) is 1.43. The fourth-order valence-corrected chi connectivity index (χ4v) is 1.12. The van der Waals surface area contributed by atoms with Crippen LogP contribution in [0.25, 0.3) is 11.4 Å². The largest absolute Gasteiger partial charge is 0.382 e. The van der Waals surface area contributed by atoms with E-state index in [0.29, 0.717) is 11.5 Å². The quantitative estimate of drug-likeness (QED) is 0.731. The van der Waals surface area contributed by atoms with Gasteiger partial charge in [0.05, 0.1) is 18.1 Å². The van der Waals surface area contributed by atoms with E-state index < -0.39 is 0 Å². The Morgan fingerprint density at radius 2 is 1.93 bits per heavy atom. The molecule has 0 aromatic carbocycles. The highest BCUT2D eigenvalue weighted by Gasteiger charge is 2.00. The SMILES string of the molecule is Cc1ccc(-c2cncc(N)n2)nc1. The standard InChI is InChI=1S/C10H10N4/c1-7-2-3-8(13-4-7)9-5-12-6-10(11)14-9/h2-6H,1H3,(H2,11,14). The van der Waals surface area contributed by atoms with Crippen LogP contribution in [-0.4, -0.2) is 15.0 Å². The van der Waals surface area contributed by atoms with E-state index in [2.05, 4.69) is 15.0 Å². The lowest BCUT2D eigenvalue weighted by atomic mass is 10.2. The van der Waals surface area contributed by atoms with E-state index in [1.165, 1.54) is 6.20 Å². The van der Waals surface area contributed by atoms with Crippen LogP contribution >= 0.6 is 0 Å². The van der Waals surface area contributed by atoms with Gasteiger partial charge in [-0.25, -0.2) is 4.98 Å². The van der Waals surface area contributed by atoms with Crippen molar-refractivity contribution in [2.75, 3.05) is 5.73 Å². The highest BCUT2D eigenvalue weighted by molar-refractivity contribution is 5.54. The van der Waals surface area contributed by atoms with E-state index in [9.17, 15) is 0 Å². The minimum Gasteiger partial charge on any atom is -0.382 e. The number of hydrogen-bond donors (Lipinski definition) is 1. The second kappa shape index (κ2) is 3.41. The summed E-state index contributed by atoms with van der Waals surface area (Å²) in [6, 6.07) is 3.88. The molecule has 0 unspecified atom stereocenters. The third-order valence-electron chi connectivity index (χ3n) is 1.83. The normalized spacial score (nSPS) is 10.1. The van der Waals surface area contributed by atoms with Crippen LogP contribution in [0.4, 0.5) is 5.82 Å². The number of nitrogen functional groups attached to an aromatic ring is 1. The van der Waals surface area contributed by atoms with Gasteiger partial charge in [-0.1, -0.05) is 6.07 Å². The second-order valence-corrected chi connectivity index (χ2v) is 3.05. The smallest absolute Gasteiger partial charge is 0.142 e. The van der Waals surface area contributed by atoms with Crippen molar-refractivity contribution in [1.29, 1.82) is 0 Å². The van der Waals surface area contributed by atoms with Crippen molar-refractivity contribution < 1.29 is 0 Å². The van der Waals surface area contributed by atoms with Gasteiger partial charge in [-0.15, -0.1) is 0 Å². The lowest BCUT2D eigenvalue weighted by molar-refractivity contribution is 1.17. The summed E-state index contributed by atoms with van der Waals surface area (Å²) in [5, 5.41) is 0. The number of aromatic nitrogens is 3. The monoisotopic (exact) mass is 186 g/mol. The molecule has 0 aliphatic heterocycles. The van der Waals surface area contributed by atoms with E-state index in [4.69, 9.17) is 5.73 Å². The maximum absolute atomic E-state index is 5.52. The van der Waals surface area contributed by atoms with Gasteiger partial charge in [-0.3, -0.25) is 9.97 Å². The fourth-order valence-electron chi connectivity index (χ4n) is 1.12. The van der Waals surface area contributed by atoms with Gasteiger partial charge in [0.15, 0.2) is 0 Å². The topological polar surface area (TPSA) is 64.7 Å². The molecule has 2 rings (SSSR count). The second-order valence-electron chi connectivity index (χ2n) is 3.05. The van der Waals surface area contributed by atoms with Crippen LogP contribution in [0.15, 0.2) is 30.7 Å². The molecule has 0 fully saturated rings. The van der Waals surface area contributed by atoms with Gasteiger partial charge in [0.1, 0.15) is 11.5 Å². The summed E-state index contributed by atoms with van der Waals surface area (Å²) in [5.41, 5.74) is 8.13. The molecule has 0 saturated heterocycles. The summed E-state index contributed by atoms with van der Waals surface area (Å²) < 4.78 is 0. The number of aryl methyl sites for hydroxylation is 1. The summed E-state index contributed by atoms with van der Waals surface area (Å²) in [5.74, 6) is 0.407. The maximum Gasteiger partial charge on any atom is 0.142 e. The molecule has 4 heteroatoms. The lowest BCUT2D eigenvalue weighted by Gasteiger charge is -2.00. The van der Waals surface area contributed by atoms with Crippen LogP contribution in [0.1, 0.15) is 5.56 Å². The molecule has 14 heavy (non-hydrogen) atoms. The molecule has 2 aromatic rings. The number of pyridine rings is 1. The van der Waals surface area contributed by atoms with E-state index >= 15 is 0 Å². The summed E-state index contributed by atoms with van der Waals surface area (Å²) in [7, 11) is 0. The lowest BCUT2D eigenvalue weighted by Crippen LogP contribution is -1.94. The fraction of sp³-hybridized carbons (Fsp3) is 0.100. The molecule has 0 aliphatic rings. The molecule has 2 heterocycles. The Balaban J connectivity index is 2.44. The third kappa shape index (κ3) is 1.69. The zero-order chi connectivity index (χ0) is 9.97. The number of rotatable bonds is 1. The summed E-state index contributed by atoms with van der Waals surface area (Å²) in [6.07, 6.45) is 4.95. The molecule has 70 valence electrons. The van der Waals surface area contributed by atoms with E-state index in [0.717, 1.165) is 11.3 Å². The van der Waals surface area contributed by atoms with Gasteiger partial charge in [0.2, 0.25) is 0 Å². The molecular formula is C10H10N4. The van der Waals surface area contributed by atoms with E-state index in [1.807, 2.05) is 19.1 Å². The Kier molecular flexibility index (Phi) is 2.10. The van der Waals surface area contributed by atoms with Crippen molar-refractivity contribution in [1.82, 2.24) is 15.0 Å². The highest BCUT2D eigenvalue weighted by Crippen LogP contribution is 2.13. The molecule has 0 bridgehead atoms. The van der Waals surface area contributed by atoms with Gasteiger partial charge < -0.3 is 5.73 Å². The molecule has 0 saturated carbocycles. The first-order valence-electron chi connectivity index (χ1n) is 4.26. The van der Waals surface area contributed by atoms with Crippen LogP contribution < -0.4 is 5.73 Å². The van der Waals surface area contributed by atoms with Gasteiger partial charge in [0.25, 0.3) is 0 Å². The van der Waals surface area contributed by atoms with Crippen LogP contribution in [0.5, 0.6) is 0 Å². The van der Waals surface area contributed by atoms with Gasteiger partial charge in [-0.05, 0) is 18.6 Å². The van der Waals surface area contributed by atoms with Crippen molar-refractivity contribution in [3.8, 4) is 11.4 Å². The average Bonchev–Trinajstić information content (AvgIpc) is 2.19. The van der Waals surface area contributed by atoms with Gasteiger partial charge >= 0.3 is 0 Å². The molecule has 2 aromatic heterocycles.